The highest BCUT2D eigenvalue weighted by atomic mass is 16.5. The maximum Gasteiger partial charge on any atom is 0.343 e. The molecule has 0 aliphatic rings. The minimum atomic E-state index is -0.411. The maximum absolute atomic E-state index is 11.9. The normalized spacial score (nSPS) is 10.4. The number of para-hydroxylation sites is 1. The summed E-state index contributed by atoms with van der Waals surface area (Å²) in [5.41, 5.74) is 1.80. The SMILES string of the molecule is O=C(Oc1ccccc1)c1ccc2n[nH]nc2c1. The third-order valence-electron chi connectivity index (χ3n) is 2.51. The zero-order chi connectivity index (χ0) is 12.4. The molecule has 1 aromatic heterocycles. The van der Waals surface area contributed by atoms with Crippen LogP contribution in [0.1, 0.15) is 10.4 Å². The Morgan fingerprint density at radius 3 is 2.61 bits per heavy atom. The summed E-state index contributed by atoms with van der Waals surface area (Å²) in [7, 11) is 0. The molecule has 0 amide bonds. The van der Waals surface area contributed by atoms with E-state index < -0.39 is 5.97 Å². The molecule has 0 aliphatic carbocycles. The molecule has 0 radical (unpaired) electrons. The van der Waals surface area contributed by atoms with Crippen LogP contribution in [0, 0.1) is 0 Å². The summed E-state index contributed by atoms with van der Waals surface area (Å²) in [5, 5.41) is 10.3. The van der Waals surface area contributed by atoms with E-state index in [0.717, 1.165) is 0 Å². The van der Waals surface area contributed by atoms with Crippen LogP contribution in [0.4, 0.5) is 0 Å². The number of H-pyrrole nitrogens is 1. The highest BCUT2D eigenvalue weighted by Crippen LogP contribution is 2.14. The van der Waals surface area contributed by atoms with E-state index in [2.05, 4.69) is 15.4 Å². The van der Waals surface area contributed by atoms with Gasteiger partial charge in [-0.1, -0.05) is 18.2 Å². The van der Waals surface area contributed by atoms with Crippen molar-refractivity contribution in [3.63, 3.8) is 0 Å². The van der Waals surface area contributed by atoms with Crippen molar-refractivity contribution in [1.29, 1.82) is 0 Å². The van der Waals surface area contributed by atoms with Crippen LogP contribution in [0.5, 0.6) is 5.75 Å². The molecule has 0 bridgehead atoms. The fourth-order valence-corrected chi connectivity index (χ4v) is 1.62. The van der Waals surface area contributed by atoms with Gasteiger partial charge in [-0.05, 0) is 30.3 Å². The molecule has 0 saturated heterocycles. The average molecular weight is 239 g/mol. The minimum absolute atomic E-state index is 0.411. The van der Waals surface area contributed by atoms with Gasteiger partial charge in [0.05, 0.1) is 5.56 Å². The number of benzene rings is 2. The van der Waals surface area contributed by atoms with Crippen LogP contribution in [0.2, 0.25) is 0 Å². The number of fused-ring (bicyclic) bond motifs is 1. The number of rotatable bonds is 2. The molecular weight excluding hydrogens is 230 g/mol. The van der Waals surface area contributed by atoms with Gasteiger partial charge < -0.3 is 4.74 Å². The third kappa shape index (κ3) is 1.93. The van der Waals surface area contributed by atoms with Crippen molar-refractivity contribution < 1.29 is 9.53 Å². The monoisotopic (exact) mass is 239 g/mol. The van der Waals surface area contributed by atoms with E-state index in [1.165, 1.54) is 0 Å². The zero-order valence-corrected chi connectivity index (χ0v) is 9.33. The molecule has 3 rings (SSSR count). The van der Waals surface area contributed by atoms with Crippen LogP contribution >= 0.6 is 0 Å². The lowest BCUT2D eigenvalue weighted by atomic mass is 10.2. The van der Waals surface area contributed by atoms with Gasteiger partial charge in [-0.3, -0.25) is 0 Å². The Morgan fingerprint density at radius 2 is 1.78 bits per heavy atom. The van der Waals surface area contributed by atoms with Gasteiger partial charge in [-0.2, -0.15) is 15.4 Å². The van der Waals surface area contributed by atoms with E-state index >= 15 is 0 Å². The summed E-state index contributed by atoms with van der Waals surface area (Å²) in [6.45, 7) is 0. The molecule has 3 aromatic rings. The van der Waals surface area contributed by atoms with Crippen LogP contribution in [0.3, 0.4) is 0 Å². The van der Waals surface area contributed by atoms with Crippen molar-refractivity contribution in [1.82, 2.24) is 15.4 Å². The van der Waals surface area contributed by atoms with Gasteiger partial charge in [-0.25, -0.2) is 4.79 Å². The Labute approximate surface area is 102 Å². The van der Waals surface area contributed by atoms with Gasteiger partial charge in [0.15, 0.2) is 0 Å². The van der Waals surface area contributed by atoms with Gasteiger partial charge in [0.25, 0.3) is 0 Å². The van der Waals surface area contributed by atoms with E-state index in [4.69, 9.17) is 4.74 Å². The minimum Gasteiger partial charge on any atom is -0.423 e. The number of carbonyl (C=O) groups is 1. The van der Waals surface area contributed by atoms with E-state index in [-0.39, 0.29) is 0 Å². The number of aromatic nitrogens is 3. The Bertz CT molecular complexity index is 692. The molecule has 2 aromatic carbocycles. The molecule has 0 unspecified atom stereocenters. The number of carbonyl (C=O) groups excluding carboxylic acids is 1. The molecule has 0 spiro atoms. The van der Waals surface area contributed by atoms with Crippen molar-refractivity contribution >= 4 is 17.0 Å². The maximum atomic E-state index is 11.9. The van der Waals surface area contributed by atoms with Crippen LogP contribution in [0.25, 0.3) is 11.0 Å². The standard InChI is InChI=1S/C13H9N3O2/c17-13(18-10-4-2-1-3-5-10)9-6-7-11-12(8-9)15-16-14-11/h1-8H,(H,14,15,16). The molecule has 5 nitrogen and oxygen atoms in total. The second kappa shape index (κ2) is 4.29. The number of hydrogen-bond donors (Lipinski definition) is 1. The van der Waals surface area contributed by atoms with Crippen LogP contribution in [-0.4, -0.2) is 21.4 Å². The number of hydrogen-bond acceptors (Lipinski definition) is 4. The molecule has 0 aliphatic heterocycles. The molecule has 1 N–H and O–H groups in total. The predicted octanol–water partition coefficient (Wildman–Crippen LogP) is 2.18. The Hall–Kier alpha value is -2.69. The highest BCUT2D eigenvalue weighted by molar-refractivity contribution is 5.94. The summed E-state index contributed by atoms with van der Waals surface area (Å²) >= 11 is 0. The van der Waals surface area contributed by atoms with Crippen LogP contribution < -0.4 is 4.74 Å². The summed E-state index contributed by atoms with van der Waals surface area (Å²) in [6, 6.07) is 14.0. The molecular formula is C13H9N3O2. The number of nitrogens with one attached hydrogen (secondary N) is 1. The second-order valence-electron chi connectivity index (χ2n) is 3.73. The van der Waals surface area contributed by atoms with Gasteiger partial charge in [0, 0.05) is 0 Å². The molecule has 0 fully saturated rings. The molecule has 0 saturated carbocycles. The molecule has 18 heavy (non-hydrogen) atoms. The lowest BCUT2D eigenvalue weighted by Gasteiger charge is -2.03. The number of esters is 1. The third-order valence-corrected chi connectivity index (χ3v) is 2.51. The Kier molecular flexibility index (Phi) is 2.49. The first-order valence-electron chi connectivity index (χ1n) is 5.41. The number of ether oxygens (including phenoxy) is 1. The lowest BCUT2D eigenvalue weighted by molar-refractivity contribution is 0.0735. The lowest BCUT2D eigenvalue weighted by Crippen LogP contribution is -2.08. The van der Waals surface area contributed by atoms with Crippen molar-refractivity contribution in [2.75, 3.05) is 0 Å². The van der Waals surface area contributed by atoms with Crippen molar-refractivity contribution in [2.45, 2.75) is 0 Å². The van der Waals surface area contributed by atoms with Gasteiger partial charge in [-0.15, -0.1) is 0 Å². The first-order valence-corrected chi connectivity index (χ1v) is 5.41. The predicted molar refractivity (Wildman–Crippen MR) is 65.3 cm³/mol. The number of aromatic amines is 1. The first-order chi connectivity index (χ1) is 8.83. The van der Waals surface area contributed by atoms with Crippen molar-refractivity contribution in [3.8, 4) is 5.75 Å². The zero-order valence-electron chi connectivity index (χ0n) is 9.33. The van der Waals surface area contributed by atoms with Crippen molar-refractivity contribution in [2.24, 2.45) is 0 Å². The fourth-order valence-electron chi connectivity index (χ4n) is 1.62. The fraction of sp³-hybridized carbons (Fsp3) is 0. The first kappa shape index (κ1) is 10.5. The van der Waals surface area contributed by atoms with E-state index in [1.807, 2.05) is 18.2 Å². The topological polar surface area (TPSA) is 67.9 Å². The van der Waals surface area contributed by atoms with Gasteiger partial charge in [0.1, 0.15) is 16.8 Å². The smallest absolute Gasteiger partial charge is 0.343 e. The summed E-state index contributed by atoms with van der Waals surface area (Å²) < 4.78 is 5.23. The largest absolute Gasteiger partial charge is 0.423 e. The van der Waals surface area contributed by atoms with Crippen LogP contribution in [0.15, 0.2) is 48.5 Å². The molecule has 5 heteroatoms. The molecule has 1 heterocycles. The van der Waals surface area contributed by atoms with E-state index in [1.54, 1.807) is 30.3 Å². The summed E-state index contributed by atoms with van der Waals surface area (Å²) in [4.78, 5) is 11.9. The Morgan fingerprint density at radius 1 is 1.00 bits per heavy atom. The summed E-state index contributed by atoms with van der Waals surface area (Å²) in [5.74, 6) is 0.105. The molecule has 0 atom stereocenters. The van der Waals surface area contributed by atoms with E-state index in [0.29, 0.717) is 22.3 Å². The van der Waals surface area contributed by atoms with Gasteiger partial charge >= 0.3 is 5.97 Å². The Balaban J connectivity index is 1.87. The van der Waals surface area contributed by atoms with Crippen molar-refractivity contribution in [3.05, 3.63) is 54.1 Å². The van der Waals surface area contributed by atoms with E-state index in [9.17, 15) is 4.79 Å². The van der Waals surface area contributed by atoms with Gasteiger partial charge in [0.2, 0.25) is 0 Å². The van der Waals surface area contributed by atoms with Crippen LogP contribution in [-0.2, 0) is 0 Å². The summed E-state index contributed by atoms with van der Waals surface area (Å²) in [6.07, 6.45) is 0. The quantitative estimate of drug-likeness (QED) is 0.549. The number of nitrogens with zero attached hydrogens (tertiary/aromatic N) is 2. The average Bonchev–Trinajstić information content (AvgIpc) is 2.87. The molecule has 88 valence electrons. The second-order valence-corrected chi connectivity index (χ2v) is 3.73. The highest BCUT2D eigenvalue weighted by Gasteiger charge is 2.10.